The van der Waals surface area contributed by atoms with E-state index in [0.29, 0.717) is 27.2 Å². The summed E-state index contributed by atoms with van der Waals surface area (Å²) in [5.41, 5.74) is 3.34. The van der Waals surface area contributed by atoms with Gasteiger partial charge in [0.2, 0.25) is 0 Å². The summed E-state index contributed by atoms with van der Waals surface area (Å²) in [5.74, 6) is -0.572. The van der Waals surface area contributed by atoms with Crippen molar-refractivity contribution in [3.05, 3.63) is 40.5 Å². The van der Waals surface area contributed by atoms with Gasteiger partial charge in [-0.2, -0.15) is 0 Å². The Bertz CT molecular complexity index is 569. The van der Waals surface area contributed by atoms with Gasteiger partial charge in [-0.1, -0.05) is 11.6 Å². The van der Waals surface area contributed by atoms with Crippen molar-refractivity contribution in [2.24, 2.45) is 0 Å². The van der Waals surface area contributed by atoms with Crippen molar-refractivity contribution in [3.8, 4) is 0 Å². The molecule has 1 heterocycles. The lowest BCUT2D eigenvalue weighted by Crippen LogP contribution is -2.19. The number of rotatable bonds is 1. The van der Waals surface area contributed by atoms with Gasteiger partial charge in [-0.15, -0.1) is 0 Å². The zero-order valence-electron chi connectivity index (χ0n) is 8.49. The number of fused-ring (bicyclic) bond motifs is 1. The summed E-state index contributed by atoms with van der Waals surface area (Å²) < 4.78 is 0. The average molecular weight is 237 g/mol. The number of nitrogens with zero attached hydrogens (tertiary/aromatic N) is 1. The fourth-order valence-corrected chi connectivity index (χ4v) is 1.75. The van der Waals surface area contributed by atoms with Crippen LogP contribution >= 0.6 is 11.6 Å². The maximum Gasteiger partial charge on any atom is 0.275 e. The van der Waals surface area contributed by atoms with Crippen LogP contribution in [0.1, 0.15) is 16.1 Å². The third-order valence-corrected chi connectivity index (χ3v) is 2.48. The van der Waals surface area contributed by atoms with Crippen LogP contribution in [0.4, 0.5) is 0 Å². The second-order valence-corrected chi connectivity index (χ2v) is 3.85. The highest BCUT2D eigenvalue weighted by molar-refractivity contribution is 6.31. The van der Waals surface area contributed by atoms with Gasteiger partial charge < -0.3 is 0 Å². The number of halogens is 1. The second kappa shape index (κ2) is 4.08. The van der Waals surface area contributed by atoms with Gasteiger partial charge in [-0.3, -0.25) is 15.0 Å². The first-order chi connectivity index (χ1) is 7.61. The normalized spacial score (nSPS) is 10.4. The van der Waals surface area contributed by atoms with E-state index in [2.05, 4.69) is 4.98 Å². The van der Waals surface area contributed by atoms with Crippen LogP contribution in [-0.2, 0) is 0 Å². The molecular formula is C11H9ClN2O2. The smallest absolute Gasteiger partial charge is 0.275 e. The SMILES string of the molecule is Cc1cc(C(=O)NO)c2cc(Cl)ccc2n1. The molecular weight excluding hydrogens is 228 g/mol. The van der Waals surface area contributed by atoms with E-state index in [1.54, 1.807) is 36.7 Å². The Morgan fingerprint density at radius 2 is 2.19 bits per heavy atom. The number of carbonyl (C=O) groups excluding carboxylic acids is 1. The van der Waals surface area contributed by atoms with E-state index in [4.69, 9.17) is 16.8 Å². The number of aryl methyl sites for hydroxylation is 1. The van der Waals surface area contributed by atoms with Gasteiger partial charge in [-0.25, -0.2) is 5.48 Å². The largest absolute Gasteiger partial charge is 0.288 e. The Labute approximate surface area is 96.8 Å². The van der Waals surface area contributed by atoms with Crippen LogP contribution in [0.3, 0.4) is 0 Å². The molecule has 0 radical (unpaired) electrons. The van der Waals surface area contributed by atoms with E-state index >= 15 is 0 Å². The minimum Gasteiger partial charge on any atom is -0.288 e. The number of pyridine rings is 1. The molecule has 1 aromatic heterocycles. The van der Waals surface area contributed by atoms with Crippen molar-refractivity contribution in [1.82, 2.24) is 10.5 Å². The summed E-state index contributed by atoms with van der Waals surface area (Å²) in [6, 6.07) is 6.69. The molecule has 2 N–H and O–H groups in total. The van der Waals surface area contributed by atoms with Crippen LogP contribution in [0.25, 0.3) is 10.9 Å². The maximum atomic E-state index is 11.5. The summed E-state index contributed by atoms with van der Waals surface area (Å²) in [4.78, 5) is 15.7. The van der Waals surface area contributed by atoms with Gasteiger partial charge in [0.1, 0.15) is 0 Å². The third-order valence-electron chi connectivity index (χ3n) is 2.24. The van der Waals surface area contributed by atoms with Gasteiger partial charge in [-0.05, 0) is 31.2 Å². The molecule has 0 saturated carbocycles. The van der Waals surface area contributed by atoms with Gasteiger partial charge in [0.25, 0.3) is 5.91 Å². The summed E-state index contributed by atoms with van der Waals surface area (Å²) in [7, 11) is 0. The molecule has 1 aromatic carbocycles. The number of aromatic nitrogens is 1. The first kappa shape index (κ1) is 10.9. The van der Waals surface area contributed by atoms with Crippen LogP contribution in [0.15, 0.2) is 24.3 Å². The van der Waals surface area contributed by atoms with Crippen molar-refractivity contribution in [2.45, 2.75) is 6.92 Å². The molecule has 0 aliphatic carbocycles. The first-order valence-electron chi connectivity index (χ1n) is 4.63. The van der Waals surface area contributed by atoms with E-state index in [1.807, 2.05) is 0 Å². The van der Waals surface area contributed by atoms with Gasteiger partial charge >= 0.3 is 0 Å². The molecule has 0 fully saturated rings. The molecule has 0 aliphatic heterocycles. The van der Waals surface area contributed by atoms with E-state index < -0.39 is 5.91 Å². The van der Waals surface area contributed by atoms with Gasteiger partial charge in [0.05, 0.1) is 11.1 Å². The molecule has 0 bridgehead atoms. The molecule has 82 valence electrons. The molecule has 0 atom stereocenters. The number of amides is 1. The standard InChI is InChI=1S/C11H9ClN2O2/c1-6-4-9(11(15)14-16)8-5-7(12)2-3-10(8)13-6/h2-5,16H,1H3,(H,14,15). The topological polar surface area (TPSA) is 62.2 Å². The fraction of sp³-hybridized carbons (Fsp3) is 0.0909. The van der Waals surface area contributed by atoms with Crippen molar-refractivity contribution in [3.63, 3.8) is 0 Å². The lowest BCUT2D eigenvalue weighted by atomic mass is 10.1. The van der Waals surface area contributed by atoms with Crippen molar-refractivity contribution in [1.29, 1.82) is 0 Å². The number of benzene rings is 1. The lowest BCUT2D eigenvalue weighted by molar-refractivity contribution is 0.0708. The molecule has 1 amide bonds. The predicted octanol–water partition coefficient (Wildman–Crippen LogP) is 2.32. The van der Waals surface area contributed by atoms with Crippen LogP contribution in [0, 0.1) is 6.92 Å². The molecule has 5 heteroatoms. The number of carbonyl (C=O) groups is 1. The van der Waals surface area contributed by atoms with Crippen molar-refractivity contribution >= 4 is 28.4 Å². The van der Waals surface area contributed by atoms with E-state index in [-0.39, 0.29) is 0 Å². The monoisotopic (exact) mass is 236 g/mol. The van der Waals surface area contributed by atoms with E-state index in [1.165, 1.54) is 0 Å². The van der Waals surface area contributed by atoms with Crippen molar-refractivity contribution in [2.75, 3.05) is 0 Å². The molecule has 2 rings (SSSR count). The molecule has 16 heavy (non-hydrogen) atoms. The number of hydroxylamine groups is 1. The fourth-order valence-electron chi connectivity index (χ4n) is 1.58. The van der Waals surface area contributed by atoms with Crippen LogP contribution in [0.5, 0.6) is 0 Å². The number of nitrogens with one attached hydrogen (secondary N) is 1. The first-order valence-corrected chi connectivity index (χ1v) is 5.01. The second-order valence-electron chi connectivity index (χ2n) is 3.41. The average Bonchev–Trinajstić information content (AvgIpc) is 2.27. The molecule has 4 nitrogen and oxygen atoms in total. The van der Waals surface area contributed by atoms with Crippen LogP contribution < -0.4 is 5.48 Å². The predicted molar refractivity (Wildman–Crippen MR) is 60.7 cm³/mol. The Morgan fingerprint density at radius 3 is 2.88 bits per heavy atom. The minimum absolute atomic E-state index is 0.354. The Kier molecular flexibility index (Phi) is 2.77. The molecule has 0 aliphatic rings. The zero-order chi connectivity index (χ0) is 11.7. The Hall–Kier alpha value is -1.65. The number of hydrogen-bond donors (Lipinski definition) is 2. The summed E-state index contributed by atoms with van der Waals surface area (Å²) in [5, 5.41) is 9.79. The zero-order valence-corrected chi connectivity index (χ0v) is 9.25. The highest BCUT2D eigenvalue weighted by atomic mass is 35.5. The van der Waals surface area contributed by atoms with E-state index in [0.717, 1.165) is 0 Å². The highest BCUT2D eigenvalue weighted by Crippen LogP contribution is 2.22. The summed E-state index contributed by atoms with van der Waals surface area (Å²) in [6.45, 7) is 1.78. The van der Waals surface area contributed by atoms with Crippen molar-refractivity contribution < 1.29 is 10.0 Å². The molecule has 0 unspecified atom stereocenters. The highest BCUT2D eigenvalue weighted by Gasteiger charge is 2.11. The Balaban J connectivity index is 2.79. The maximum absolute atomic E-state index is 11.5. The van der Waals surface area contributed by atoms with Gasteiger partial charge in [0.15, 0.2) is 0 Å². The molecule has 0 saturated heterocycles. The minimum atomic E-state index is -0.572. The quantitative estimate of drug-likeness (QED) is 0.590. The number of hydrogen-bond acceptors (Lipinski definition) is 3. The summed E-state index contributed by atoms with van der Waals surface area (Å²) >= 11 is 5.86. The lowest BCUT2D eigenvalue weighted by Gasteiger charge is -2.06. The van der Waals surface area contributed by atoms with Crippen LogP contribution in [-0.4, -0.2) is 16.1 Å². The summed E-state index contributed by atoms with van der Waals surface area (Å²) in [6.07, 6.45) is 0. The molecule has 0 spiro atoms. The molecule has 2 aromatic rings. The van der Waals surface area contributed by atoms with Gasteiger partial charge in [0, 0.05) is 16.1 Å². The van der Waals surface area contributed by atoms with E-state index in [9.17, 15) is 4.79 Å². The Morgan fingerprint density at radius 1 is 1.44 bits per heavy atom. The van der Waals surface area contributed by atoms with Crippen LogP contribution in [0.2, 0.25) is 5.02 Å². The third kappa shape index (κ3) is 1.85.